The van der Waals surface area contributed by atoms with Gasteiger partial charge in [-0.1, -0.05) is 18.2 Å². The zero-order valence-corrected chi connectivity index (χ0v) is 11.8. The van der Waals surface area contributed by atoms with Gasteiger partial charge in [0, 0.05) is 5.56 Å². The van der Waals surface area contributed by atoms with Crippen LogP contribution in [0.25, 0.3) is 0 Å². The lowest BCUT2D eigenvalue weighted by Crippen LogP contribution is -2.17. The lowest BCUT2D eigenvalue weighted by atomic mass is 9.98. The summed E-state index contributed by atoms with van der Waals surface area (Å²) in [6.07, 6.45) is -9.55. The number of nitrogens with two attached hydrogens (primary N) is 1. The molecule has 0 saturated heterocycles. The number of alkyl halides is 6. The van der Waals surface area contributed by atoms with Crippen molar-refractivity contribution in [3.8, 4) is 5.75 Å². The molecule has 0 spiro atoms. The topological polar surface area (TPSA) is 35.2 Å². The second-order valence-corrected chi connectivity index (χ2v) is 4.83. The zero-order chi connectivity index (χ0) is 18.1. The molecule has 0 unspecified atom stereocenters. The van der Waals surface area contributed by atoms with E-state index in [2.05, 4.69) is 4.74 Å². The summed E-state index contributed by atoms with van der Waals surface area (Å²) in [5, 5.41) is 0. The molecule has 0 bridgehead atoms. The zero-order valence-electron chi connectivity index (χ0n) is 11.8. The molecule has 130 valence electrons. The van der Waals surface area contributed by atoms with Gasteiger partial charge in [0.05, 0.1) is 11.6 Å². The van der Waals surface area contributed by atoms with E-state index in [4.69, 9.17) is 5.73 Å². The van der Waals surface area contributed by atoms with Crippen molar-refractivity contribution in [1.29, 1.82) is 0 Å². The average Bonchev–Trinajstić information content (AvgIpc) is 2.44. The van der Waals surface area contributed by atoms with Gasteiger partial charge < -0.3 is 10.5 Å². The molecule has 0 aliphatic carbocycles. The summed E-state index contributed by atoms with van der Waals surface area (Å²) in [7, 11) is 0. The molecule has 0 heterocycles. The van der Waals surface area contributed by atoms with Crippen LogP contribution in [0.5, 0.6) is 5.75 Å². The predicted octanol–water partition coefficient (Wildman–Crippen LogP) is 4.79. The third-order valence-corrected chi connectivity index (χ3v) is 3.14. The third-order valence-electron chi connectivity index (χ3n) is 3.14. The van der Waals surface area contributed by atoms with Crippen LogP contribution in [0.3, 0.4) is 0 Å². The van der Waals surface area contributed by atoms with Gasteiger partial charge in [-0.25, -0.2) is 4.39 Å². The quantitative estimate of drug-likeness (QED) is 0.805. The van der Waals surface area contributed by atoms with Crippen LogP contribution in [-0.4, -0.2) is 6.36 Å². The van der Waals surface area contributed by atoms with Crippen LogP contribution in [-0.2, 0) is 6.18 Å². The van der Waals surface area contributed by atoms with Gasteiger partial charge in [-0.3, -0.25) is 0 Å². The highest BCUT2D eigenvalue weighted by Gasteiger charge is 2.32. The highest BCUT2D eigenvalue weighted by molar-refractivity contribution is 5.37. The molecular weight excluding hydrogens is 343 g/mol. The molecule has 2 aromatic carbocycles. The summed E-state index contributed by atoms with van der Waals surface area (Å²) in [6.45, 7) is 0. The Balaban J connectivity index is 2.24. The molecule has 2 nitrogen and oxygen atoms in total. The first-order valence-corrected chi connectivity index (χ1v) is 6.45. The van der Waals surface area contributed by atoms with Gasteiger partial charge in [0.1, 0.15) is 11.6 Å². The lowest BCUT2D eigenvalue weighted by molar-refractivity contribution is -0.274. The maximum Gasteiger partial charge on any atom is 0.573 e. The van der Waals surface area contributed by atoms with E-state index in [0.717, 1.165) is 18.2 Å². The molecule has 0 aromatic heterocycles. The Labute approximate surface area is 131 Å². The van der Waals surface area contributed by atoms with E-state index < -0.39 is 35.7 Å². The van der Waals surface area contributed by atoms with Crippen molar-refractivity contribution in [3.05, 3.63) is 65.0 Å². The molecule has 0 fully saturated rings. The third kappa shape index (κ3) is 4.38. The second-order valence-electron chi connectivity index (χ2n) is 4.83. The number of halogens is 7. The first kappa shape index (κ1) is 18.1. The molecule has 1 atom stereocenters. The molecule has 0 saturated carbocycles. The Morgan fingerprint density at radius 2 is 1.46 bits per heavy atom. The minimum Gasteiger partial charge on any atom is -0.406 e. The normalized spacial score (nSPS) is 13.7. The van der Waals surface area contributed by atoms with Crippen LogP contribution in [0, 0.1) is 5.82 Å². The summed E-state index contributed by atoms with van der Waals surface area (Å²) in [4.78, 5) is 0. The summed E-state index contributed by atoms with van der Waals surface area (Å²) >= 11 is 0. The maximum absolute atomic E-state index is 13.9. The summed E-state index contributed by atoms with van der Waals surface area (Å²) in [5.41, 5.74) is 4.60. The molecule has 0 aliphatic rings. The van der Waals surface area contributed by atoms with Crippen LogP contribution in [0.2, 0.25) is 0 Å². The van der Waals surface area contributed by atoms with Crippen molar-refractivity contribution < 1.29 is 35.5 Å². The van der Waals surface area contributed by atoms with Crippen LogP contribution in [0.15, 0.2) is 42.5 Å². The second kappa shape index (κ2) is 6.31. The highest BCUT2D eigenvalue weighted by Crippen LogP contribution is 2.32. The highest BCUT2D eigenvalue weighted by atomic mass is 19.4. The van der Waals surface area contributed by atoms with E-state index in [9.17, 15) is 30.7 Å². The van der Waals surface area contributed by atoms with Gasteiger partial charge in [0.15, 0.2) is 0 Å². The van der Waals surface area contributed by atoms with E-state index in [1.165, 1.54) is 12.1 Å². The van der Waals surface area contributed by atoms with Crippen molar-refractivity contribution in [2.24, 2.45) is 5.73 Å². The van der Waals surface area contributed by atoms with Gasteiger partial charge in [0.2, 0.25) is 0 Å². The Bertz CT molecular complexity index is 707. The standard InChI is InChI=1S/C15H10F7NO/c16-12-7-9(14(17,18)19)3-6-11(12)13(23)8-1-4-10(5-2-8)24-15(20,21)22/h1-7,13H,23H2/t13-/m0/s1. The van der Waals surface area contributed by atoms with Crippen LogP contribution in [0.1, 0.15) is 22.7 Å². The number of ether oxygens (including phenoxy) is 1. The number of rotatable bonds is 3. The molecule has 2 rings (SSSR count). The van der Waals surface area contributed by atoms with Crippen LogP contribution >= 0.6 is 0 Å². The van der Waals surface area contributed by atoms with E-state index >= 15 is 0 Å². The molecule has 0 aliphatic heterocycles. The van der Waals surface area contributed by atoms with Crippen LogP contribution < -0.4 is 10.5 Å². The molecule has 2 aromatic rings. The summed E-state index contributed by atoms with van der Waals surface area (Å²) in [6, 6.07) is 5.03. The minimum atomic E-state index is -4.86. The van der Waals surface area contributed by atoms with E-state index in [1.54, 1.807) is 0 Å². The van der Waals surface area contributed by atoms with Gasteiger partial charge in [-0.05, 0) is 29.8 Å². The van der Waals surface area contributed by atoms with E-state index in [1.807, 2.05) is 0 Å². The number of hydrogen-bond acceptors (Lipinski definition) is 2. The molecule has 0 amide bonds. The Morgan fingerprint density at radius 3 is 1.92 bits per heavy atom. The molecule has 2 N–H and O–H groups in total. The first-order chi connectivity index (χ1) is 11.0. The number of benzene rings is 2. The van der Waals surface area contributed by atoms with Crippen LogP contribution in [0.4, 0.5) is 30.7 Å². The molecule has 9 heteroatoms. The predicted molar refractivity (Wildman–Crippen MR) is 70.6 cm³/mol. The average molecular weight is 353 g/mol. The molecular formula is C15H10F7NO. The summed E-state index contributed by atoms with van der Waals surface area (Å²) < 4.78 is 91.2. The van der Waals surface area contributed by atoms with Crippen molar-refractivity contribution in [2.45, 2.75) is 18.6 Å². The molecule has 24 heavy (non-hydrogen) atoms. The number of hydrogen-bond donors (Lipinski definition) is 1. The van der Waals surface area contributed by atoms with Crippen molar-refractivity contribution in [2.75, 3.05) is 0 Å². The monoisotopic (exact) mass is 353 g/mol. The van der Waals surface area contributed by atoms with E-state index in [-0.39, 0.29) is 11.1 Å². The van der Waals surface area contributed by atoms with E-state index in [0.29, 0.717) is 12.1 Å². The fourth-order valence-electron chi connectivity index (χ4n) is 2.01. The van der Waals surface area contributed by atoms with Gasteiger partial charge in [-0.15, -0.1) is 13.2 Å². The van der Waals surface area contributed by atoms with Gasteiger partial charge >= 0.3 is 12.5 Å². The SMILES string of the molecule is N[C@@H](c1ccc(OC(F)(F)F)cc1)c1ccc(C(F)(F)F)cc1F. The van der Waals surface area contributed by atoms with Crippen molar-refractivity contribution in [1.82, 2.24) is 0 Å². The molecule has 0 radical (unpaired) electrons. The van der Waals surface area contributed by atoms with Crippen molar-refractivity contribution >= 4 is 0 Å². The smallest absolute Gasteiger partial charge is 0.406 e. The lowest BCUT2D eigenvalue weighted by Gasteiger charge is -2.16. The van der Waals surface area contributed by atoms with Gasteiger partial charge in [-0.2, -0.15) is 13.2 Å². The fourth-order valence-corrected chi connectivity index (χ4v) is 2.01. The first-order valence-electron chi connectivity index (χ1n) is 6.45. The summed E-state index contributed by atoms with van der Waals surface area (Å²) in [5.74, 6) is -1.65. The Hall–Kier alpha value is -2.29. The Morgan fingerprint density at radius 1 is 0.875 bits per heavy atom. The maximum atomic E-state index is 13.9. The largest absolute Gasteiger partial charge is 0.573 e. The Kier molecular flexibility index (Phi) is 4.75. The van der Waals surface area contributed by atoms with Crippen molar-refractivity contribution in [3.63, 3.8) is 0 Å². The fraction of sp³-hybridized carbons (Fsp3) is 0.200. The minimum absolute atomic E-state index is 0.211. The van der Waals surface area contributed by atoms with Gasteiger partial charge in [0.25, 0.3) is 0 Å².